The van der Waals surface area contributed by atoms with E-state index in [0.29, 0.717) is 43.1 Å². The van der Waals surface area contributed by atoms with E-state index in [4.69, 9.17) is 9.47 Å². The van der Waals surface area contributed by atoms with E-state index in [-0.39, 0.29) is 11.9 Å². The van der Waals surface area contributed by atoms with Gasteiger partial charge in [0.15, 0.2) is 0 Å². The molecule has 2 heterocycles. The number of piperazine rings is 1. The van der Waals surface area contributed by atoms with Crippen LogP contribution < -0.4 is 4.74 Å². The Morgan fingerprint density at radius 3 is 2.23 bits per heavy atom. The summed E-state index contributed by atoms with van der Waals surface area (Å²) in [6, 6.07) is 15.5. The zero-order valence-electron chi connectivity index (χ0n) is 20.6. The first-order valence-electron chi connectivity index (χ1n) is 12.1. The van der Waals surface area contributed by atoms with Gasteiger partial charge in [0, 0.05) is 38.3 Å². The smallest absolute Gasteiger partial charge is 0.341 e. The van der Waals surface area contributed by atoms with Crippen molar-refractivity contribution in [3.8, 4) is 11.4 Å². The van der Waals surface area contributed by atoms with Crippen LogP contribution in [0.3, 0.4) is 0 Å². The van der Waals surface area contributed by atoms with Gasteiger partial charge in [-0.15, -0.1) is 0 Å². The van der Waals surface area contributed by atoms with Gasteiger partial charge in [0.05, 0.1) is 30.8 Å². The highest BCUT2D eigenvalue weighted by Crippen LogP contribution is 2.18. The predicted octanol–water partition coefficient (Wildman–Crippen LogP) is 3.71. The maximum Gasteiger partial charge on any atom is 0.341 e. The molecule has 1 aromatic heterocycles. The van der Waals surface area contributed by atoms with E-state index in [1.807, 2.05) is 55.1 Å². The topological polar surface area (TPSA) is 76.9 Å². The molecule has 35 heavy (non-hydrogen) atoms. The third kappa shape index (κ3) is 5.71. The average Bonchev–Trinajstić information content (AvgIpc) is 3.27. The predicted molar refractivity (Wildman–Crippen MR) is 133 cm³/mol. The summed E-state index contributed by atoms with van der Waals surface area (Å²) in [5, 5.41) is 4.32. The number of hydrogen-bond donors (Lipinski definition) is 0. The fourth-order valence-corrected chi connectivity index (χ4v) is 4.23. The molecule has 0 N–H and O–H groups in total. The Labute approximate surface area is 206 Å². The minimum absolute atomic E-state index is 0.0293. The van der Waals surface area contributed by atoms with Crippen LogP contribution in [0.15, 0.2) is 54.7 Å². The highest BCUT2D eigenvalue weighted by molar-refractivity contribution is 5.94. The molecule has 0 spiro atoms. The van der Waals surface area contributed by atoms with Crippen molar-refractivity contribution in [2.75, 3.05) is 39.4 Å². The number of rotatable bonds is 8. The fourth-order valence-electron chi connectivity index (χ4n) is 4.23. The van der Waals surface area contributed by atoms with Crippen LogP contribution in [0.2, 0.25) is 0 Å². The van der Waals surface area contributed by atoms with E-state index >= 15 is 0 Å². The number of carbonyl (C=O) groups is 2. The van der Waals surface area contributed by atoms with Crippen LogP contribution in [-0.2, 0) is 11.3 Å². The van der Waals surface area contributed by atoms with Gasteiger partial charge in [0.2, 0.25) is 0 Å². The van der Waals surface area contributed by atoms with E-state index in [1.165, 1.54) is 11.8 Å². The van der Waals surface area contributed by atoms with Crippen molar-refractivity contribution in [2.24, 2.45) is 0 Å². The lowest BCUT2D eigenvalue weighted by atomic mass is 10.1. The Bertz CT molecular complexity index is 1150. The summed E-state index contributed by atoms with van der Waals surface area (Å²) < 4.78 is 12.3. The molecule has 0 bridgehead atoms. The molecule has 1 saturated heterocycles. The molecule has 0 saturated carbocycles. The number of nitrogens with zero attached hydrogens (tertiary/aromatic N) is 4. The van der Waals surface area contributed by atoms with Crippen LogP contribution >= 0.6 is 0 Å². The number of hydrogen-bond acceptors (Lipinski definition) is 6. The molecule has 184 valence electrons. The van der Waals surface area contributed by atoms with Gasteiger partial charge in [-0.05, 0) is 62.7 Å². The molecule has 1 fully saturated rings. The van der Waals surface area contributed by atoms with Gasteiger partial charge in [0.25, 0.3) is 5.91 Å². The van der Waals surface area contributed by atoms with Gasteiger partial charge in [-0.1, -0.05) is 12.1 Å². The minimum atomic E-state index is -0.385. The van der Waals surface area contributed by atoms with Crippen LogP contribution in [0.1, 0.15) is 45.8 Å². The summed E-state index contributed by atoms with van der Waals surface area (Å²) in [4.78, 5) is 29.4. The van der Waals surface area contributed by atoms with Crippen LogP contribution in [-0.4, -0.2) is 70.8 Å². The number of benzene rings is 2. The van der Waals surface area contributed by atoms with E-state index in [0.717, 1.165) is 31.1 Å². The Balaban J connectivity index is 1.33. The first-order chi connectivity index (χ1) is 17.0. The van der Waals surface area contributed by atoms with Crippen molar-refractivity contribution in [2.45, 2.75) is 27.3 Å². The number of carbonyl (C=O) groups excluding carboxylic acids is 2. The van der Waals surface area contributed by atoms with Crippen molar-refractivity contribution in [3.63, 3.8) is 0 Å². The van der Waals surface area contributed by atoms with Crippen molar-refractivity contribution < 1.29 is 19.1 Å². The highest BCUT2D eigenvalue weighted by atomic mass is 16.5. The summed E-state index contributed by atoms with van der Waals surface area (Å²) >= 11 is 0. The van der Waals surface area contributed by atoms with Gasteiger partial charge >= 0.3 is 5.97 Å². The van der Waals surface area contributed by atoms with Gasteiger partial charge in [0.1, 0.15) is 11.3 Å². The average molecular weight is 477 g/mol. The first kappa shape index (κ1) is 24.5. The maximum atomic E-state index is 13.1. The van der Waals surface area contributed by atoms with Crippen LogP contribution in [0, 0.1) is 6.92 Å². The lowest BCUT2D eigenvalue weighted by Gasteiger charge is -2.34. The van der Waals surface area contributed by atoms with Crippen molar-refractivity contribution >= 4 is 11.9 Å². The molecule has 4 rings (SSSR count). The highest BCUT2D eigenvalue weighted by Gasteiger charge is 2.22. The summed E-state index contributed by atoms with van der Waals surface area (Å²) in [5.41, 5.74) is 3.81. The summed E-state index contributed by atoms with van der Waals surface area (Å²) in [6.45, 7) is 10.5. The summed E-state index contributed by atoms with van der Waals surface area (Å²) in [6.07, 6.45) is 1.51. The molecule has 0 unspecified atom stereocenters. The lowest BCUT2D eigenvalue weighted by molar-refractivity contribution is 0.0525. The second kappa shape index (κ2) is 11.2. The van der Waals surface area contributed by atoms with Crippen LogP contribution in [0.25, 0.3) is 5.69 Å². The summed E-state index contributed by atoms with van der Waals surface area (Å²) in [5.74, 6) is 0.534. The molecule has 0 aliphatic carbocycles. The molecule has 8 heteroatoms. The zero-order valence-corrected chi connectivity index (χ0v) is 20.6. The SMILES string of the molecule is CCOC(=O)c1cnn(-c2ccc(C(=O)N3CCN(Cc4ccc(OCC)cc4)CC3)cc2)c1C. The second-order valence-corrected chi connectivity index (χ2v) is 8.47. The quantitative estimate of drug-likeness (QED) is 0.462. The maximum absolute atomic E-state index is 13.1. The van der Waals surface area contributed by atoms with E-state index in [9.17, 15) is 9.59 Å². The van der Waals surface area contributed by atoms with E-state index in [2.05, 4.69) is 22.1 Å². The number of ether oxygens (including phenoxy) is 2. The third-order valence-corrected chi connectivity index (χ3v) is 6.16. The van der Waals surface area contributed by atoms with E-state index < -0.39 is 0 Å². The van der Waals surface area contributed by atoms with Crippen molar-refractivity contribution in [1.82, 2.24) is 19.6 Å². The normalized spacial score (nSPS) is 14.1. The van der Waals surface area contributed by atoms with E-state index in [1.54, 1.807) is 11.6 Å². The molecule has 1 aliphatic rings. The fraction of sp³-hybridized carbons (Fsp3) is 0.370. The second-order valence-electron chi connectivity index (χ2n) is 8.47. The molecular weight excluding hydrogens is 444 g/mol. The van der Waals surface area contributed by atoms with Crippen LogP contribution in [0.4, 0.5) is 0 Å². The minimum Gasteiger partial charge on any atom is -0.494 e. The Morgan fingerprint density at radius 2 is 1.60 bits per heavy atom. The molecule has 1 aliphatic heterocycles. The third-order valence-electron chi connectivity index (χ3n) is 6.16. The Morgan fingerprint density at radius 1 is 0.914 bits per heavy atom. The summed E-state index contributed by atoms with van der Waals surface area (Å²) in [7, 11) is 0. The lowest BCUT2D eigenvalue weighted by Crippen LogP contribution is -2.48. The molecule has 3 aromatic rings. The molecular formula is C27H32N4O4. The monoisotopic (exact) mass is 476 g/mol. The Kier molecular flexibility index (Phi) is 7.82. The first-order valence-corrected chi connectivity index (χ1v) is 12.1. The molecule has 2 aromatic carbocycles. The Hall–Kier alpha value is -3.65. The van der Waals surface area contributed by atoms with Crippen LogP contribution in [0.5, 0.6) is 5.75 Å². The van der Waals surface area contributed by atoms with Gasteiger partial charge in [-0.2, -0.15) is 5.10 Å². The van der Waals surface area contributed by atoms with Gasteiger partial charge in [-0.3, -0.25) is 9.69 Å². The van der Waals surface area contributed by atoms with Crippen molar-refractivity contribution in [1.29, 1.82) is 0 Å². The molecule has 1 amide bonds. The standard InChI is InChI=1S/C27H32N4O4/c1-4-34-24-12-6-21(7-13-24)19-29-14-16-30(17-15-29)26(32)22-8-10-23(11-9-22)31-20(3)25(18-28-31)27(33)35-5-2/h6-13,18H,4-5,14-17,19H2,1-3H3. The van der Waals surface area contributed by atoms with Crippen molar-refractivity contribution in [3.05, 3.63) is 77.1 Å². The number of amides is 1. The zero-order chi connectivity index (χ0) is 24.8. The molecule has 0 radical (unpaired) electrons. The largest absolute Gasteiger partial charge is 0.494 e. The molecule has 0 atom stereocenters. The number of aromatic nitrogens is 2. The van der Waals surface area contributed by atoms with Gasteiger partial charge in [-0.25, -0.2) is 9.48 Å². The number of esters is 1. The van der Waals surface area contributed by atoms with Gasteiger partial charge < -0.3 is 14.4 Å². The molecule has 8 nitrogen and oxygen atoms in total.